The molecule has 1 aromatic heterocycles. The average Bonchev–Trinajstić information content (AvgIpc) is 2.95. The van der Waals surface area contributed by atoms with Crippen molar-refractivity contribution in [3.05, 3.63) is 54.1 Å². The van der Waals surface area contributed by atoms with Gasteiger partial charge in [0.2, 0.25) is 0 Å². The molecule has 0 bridgehead atoms. The number of hydrogen-bond acceptors (Lipinski definition) is 4. The summed E-state index contributed by atoms with van der Waals surface area (Å²) < 4.78 is 6.48. The zero-order chi connectivity index (χ0) is 15.1. The highest BCUT2D eigenvalue weighted by Gasteiger charge is 2.09. The van der Waals surface area contributed by atoms with E-state index in [0.29, 0.717) is 6.54 Å². The predicted octanol–water partition coefficient (Wildman–Crippen LogP) is 1.51. The molecule has 0 atom stereocenters. The van der Waals surface area contributed by atoms with Crippen LogP contribution in [0.3, 0.4) is 0 Å². The molecule has 0 spiro atoms. The van der Waals surface area contributed by atoms with Gasteiger partial charge in [-0.3, -0.25) is 0 Å². The number of aromatic carboxylic acids is 1. The van der Waals surface area contributed by atoms with Crippen LogP contribution in [0.2, 0.25) is 0 Å². The Morgan fingerprint density at radius 2 is 2.05 bits per heavy atom. The minimum Gasteiger partial charge on any atom is -0.477 e. The van der Waals surface area contributed by atoms with Gasteiger partial charge in [-0.1, -0.05) is 30.3 Å². The van der Waals surface area contributed by atoms with Gasteiger partial charge in [0, 0.05) is 13.1 Å². The molecular formula is C14H15N3O4. The minimum absolute atomic E-state index is 0.0782. The van der Waals surface area contributed by atoms with E-state index in [1.165, 1.54) is 17.1 Å². The maximum Gasteiger partial charge on any atom is 0.407 e. The third-order valence-electron chi connectivity index (χ3n) is 2.77. The van der Waals surface area contributed by atoms with Crippen LogP contribution in [0.25, 0.3) is 0 Å². The monoisotopic (exact) mass is 289 g/mol. The summed E-state index contributed by atoms with van der Waals surface area (Å²) in [6.07, 6.45) is 2.12. The number of amides is 1. The summed E-state index contributed by atoms with van der Waals surface area (Å²) in [6.45, 7) is 0.754. The third-order valence-corrected chi connectivity index (χ3v) is 2.77. The second-order valence-electron chi connectivity index (χ2n) is 4.27. The van der Waals surface area contributed by atoms with Gasteiger partial charge in [0.1, 0.15) is 12.3 Å². The van der Waals surface area contributed by atoms with Crippen molar-refractivity contribution in [2.75, 3.05) is 6.54 Å². The Morgan fingerprint density at radius 1 is 1.29 bits per heavy atom. The number of carboxylic acids is 1. The summed E-state index contributed by atoms with van der Waals surface area (Å²) in [6, 6.07) is 9.33. The molecule has 1 amide bonds. The number of benzene rings is 1. The Labute approximate surface area is 121 Å². The zero-order valence-electron chi connectivity index (χ0n) is 11.2. The van der Waals surface area contributed by atoms with Gasteiger partial charge in [0.25, 0.3) is 0 Å². The van der Waals surface area contributed by atoms with Gasteiger partial charge in [-0.05, 0) is 5.56 Å². The lowest BCUT2D eigenvalue weighted by Crippen LogP contribution is -2.28. The van der Waals surface area contributed by atoms with Crippen LogP contribution in [-0.4, -0.2) is 33.3 Å². The topological polar surface area (TPSA) is 93.5 Å². The zero-order valence-corrected chi connectivity index (χ0v) is 11.2. The number of aromatic nitrogens is 2. The Kier molecular flexibility index (Phi) is 4.92. The first kappa shape index (κ1) is 14.6. The molecule has 2 aromatic rings. The number of nitrogens with one attached hydrogen (secondary N) is 1. The van der Waals surface area contributed by atoms with Crippen molar-refractivity contribution in [1.82, 2.24) is 14.9 Å². The molecule has 0 aliphatic carbocycles. The van der Waals surface area contributed by atoms with E-state index in [0.717, 1.165) is 5.56 Å². The molecule has 1 heterocycles. The van der Waals surface area contributed by atoms with Crippen molar-refractivity contribution >= 4 is 12.1 Å². The summed E-state index contributed by atoms with van der Waals surface area (Å²) in [4.78, 5) is 26.1. The lowest BCUT2D eigenvalue weighted by Gasteiger charge is -2.08. The van der Waals surface area contributed by atoms with Crippen molar-refractivity contribution in [3.63, 3.8) is 0 Å². The summed E-state index contributed by atoms with van der Waals surface area (Å²) in [5, 5.41) is 11.5. The maximum atomic E-state index is 11.5. The Balaban J connectivity index is 1.72. The summed E-state index contributed by atoms with van der Waals surface area (Å²) in [7, 11) is 0. The van der Waals surface area contributed by atoms with Gasteiger partial charge in [0.05, 0.1) is 12.5 Å². The number of ether oxygens (including phenoxy) is 1. The van der Waals surface area contributed by atoms with Gasteiger partial charge in [-0.2, -0.15) is 0 Å². The molecule has 0 saturated carbocycles. The van der Waals surface area contributed by atoms with Crippen LogP contribution in [0.4, 0.5) is 4.79 Å². The first-order valence-electron chi connectivity index (χ1n) is 6.35. The Hall–Kier alpha value is -2.83. The Morgan fingerprint density at radius 3 is 2.76 bits per heavy atom. The van der Waals surface area contributed by atoms with Crippen LogP contribution >= 0.6 is 0 Å². The standard InChI is InChI=1S/C14H15N3O4/c18-13(19)12-8-15-10-17(12)7-6-16-14(20)21-9-11-4-2-1-3-5-11/h1-5,8,10H,6-7,9H2,(H,16,20)(H,18,19). The number of carboxylic acid groups (broad SMARTS) is 1. The number of alkyl carbamates (subject to hydrolysis) is 1. The molecule has 0 unspecified atom stereocenters. The van der Waals surface area contributed by atoms with Crippen molar-refractivity contribution in [2.45, 2.75) is 13.2 Å². The summed E-state index contributed by atoms with van der Waals surface area (Å²) in [5.74, 6) is -1.06. The number of nitrogens with zero attached hydrogens (tertiary/aromatic N) is 2. The first-order chi connectivity index (χ1) is 10.2. The molecule has 0 radical (unpaired) electrons. The first-order valence-corrected chi connectivity index (χ1v) is 6.35. The van der Waals surface area contributed by atoms with Crippen molar-refractivity contribution in [1.29, 1.82) is 0 Å². The predicted molar refractivity (Wildman–Crippen MR) is 73.8 cm³/mol. The van der Waals surface area contributed by atoms with Gasteiger partial charge in [-0.15, -0.1) is 0 Å². The van der Waals surface area contributed by atoms with E-state index in [4.69, 9.17) is 9.84 Å². The number of carbonyl (C=O) groups excluding carboxylic acids is 1. The third kappa shape index (κ3) is 4.34. The minimum atomic E-state index is -1.06. The second kappa shape index (κ2) is 7.09. The lowest BCUT2D eigenvalue weighted by molar-refractivity contribution is 0.0685. The normalized spacial score (nSPS) is 10.1. The molecule has 0 aliphatic rings. The maximum absolute atomic E-state index is 11.5. The summed E-state index contributed by atoms with van der Waals surface area (Å²) in [5.41, 5.74) is 0.977. The SMILES string of the molecule is O=C(NCCn1cncc1C(=O)O)OCc1ccccc1. The molecule has 2 N–H and O–H groups in total. The van der Waals surface area contributed by atoms with Crippen LogP contribution in [0.5, 0.6) is 0 Å². The fraction of sp³-hybridized carbons (Fsp3) is 0.214. The van der Waals surface area contributed by atoms with Crippen LogP contribution in [0.1, 0.15) is 16.1 Å². The number of imidazole rings is 1. The average molecular weight is 289 g/mol. The molecule has 110 valence electrons. The molecule has 21 heavy (non-hydrogen) atoms. The molecule has 7 nitrogen and oxygen atoms in total. The Bertz CT molecular complexity index is 610. The molecule has 0 fully saturated rings. The van der Waals surface area contributed by atoms with E-state index in [-0.39, 0.29) is 18.8 Å². The van der Waals surface area contributed by atoms with Crippen molar-refractivity contribution in [3.8, 4) is 0 Å². The fourth-order valence-corrected chi connectivity index (χ4v) is 1.73. The van der Waals surface area contributed by atoms with E-state index in [1.807, 2.05) is 30.3 Å². The van der Waals surface area contributed by atoms with Crippen LogP contribution < -0.4 is 5.32 Å². The van der Waals surface area contributed by atoms with Crippen molar-refractivity contribution < 1.29 is 19.4 Å². The van der Waals surface area contributed by atoms with Gasteiger partial charge < -0.3 is 19.7 Å². The second-order valence-corrected chi connectivity index (χ2v) is 4.27. The quantitative estimate of drug-likeness (QED) is 0.840. The molecular weight excluding hydrogens is 274 g/mol. The van der Waals surface area contributed by atoms with E-state index in [9.17, 15) is 9.59 Å². The van der Waals surface area contributed by atoms with E-state index < -0.39 is 12.1 Å². The summed E-state index contributed by atoms with van der Waals surface area (Å²) >= 11 is 0. The van der Waals surface area contributed by atoms with E-state index in [2.05, 4.69) is 10.3 Å². The highest BCUT2D eigenvalue weighted by atomic mass is 16.5. The number of rotatable bonds is 6. The molecule has 7 heteroatoms. The molecule has 2 rings (SSSR count). The van der Waals surface area contributed by atoms with Crippen LogP contribution in [0, 0.1) is 0 Å². The molecule has 1 aromatic carbocycles. The van der Waals surface area contributed by atoms with E-state index >= 15 is 0 Å². The van der Waals surface area contributed by atoms with Gasteiger partial charge >= 0.3 is 12.1 Å². The van der Waals surface area contributed by atoms with E-state index in [1.54, 1.807) is 0 Å². The number of hydrogen-bond donors (Lipinski definition) is 2. The molecule has 0 saturated heterocycles. The van der Waals surface area contributed by atoms with Crippen LogP contribution in [0.15, 0.2) is 42.9 Å². The van der Waals surface area contributed by atoms with Crippen LogP contribution in [-0.2, 0) is 17.9 Å². The number of carbonyl (C=O) groups is 2. The fourth-order valence-electron chi connectivity index (χ4n) is 1.73. The van der Waals surface area contributed by atoms with Gasteiger partial charge in [-0.25, -0.2) is 14.6 Å². The lowest BCUT2D eigenvalue weighted by atomic mass is 10.2. The highest BCUT2D eigenvalue weighted by molar-refractivity contribution is 5.85. The van der Waals surface area contributed by atoms with Crippen molar-refractivity contribution in [2.24, 2.45) is 0 Å². The highest BCUT2D eigenvalue weighted by Crippen LogP contribution is 2.01. The smallest absolute Gasteiger partial charge is 0.407 e. The van der Waals surface area contributed by atoms with Gasteiger partial charge in [0.15, 0.2) is 0 Å². The largest absolute Gasteiger partial charge is 0.477 e. The molecule has 0 aliphatic heterocycles.